The lowest BCUT2D eigenvalue weighted by Gasteiger charge is -2.47. The summed E-state index contributed by atoms with van der Waals surface area (Å²) in [7, 11) is 1.66. The molecular formula is C40H59NO11. The normalized spacial score (nSPS) is 52.4. The van der Waals surface area contributed by atoms with E-state index in [-0.39, 0.29) is 122 Å². The highest BCUT2D eigenvalue weighted by atomic mass is 16.8. The standard InChI is InChI=1S/C40H59NO11/c1-19-11-24-5-7-28-20(2)12-26(45-28)9-10-40-17-33-36(51-40)37-38(50-33)39(52-40)35-29(49-37)8-6-25(47-35)13-22(42)14-27-31(16-30(46-24)21(19)3)48-32(34(27)44-4)15-23(43)18-41/h19,23-39,43H,2-3,5-18,41H2,1,4H3/t19-,23?,24?,25?,26?,27?,28+,29?,30?,31+,32-,33-,34-,35+,36?,37+,38?,39?,40+/m1/s1. The Bertz CT molecular complexity index is 1380. The number of methoxy groups -OCH3 is 1. The molecule has 12 bridgehead atoms. The molecule has 19 atom stereocenters. The van der Waals surface area contributed by atoms with Crippen molar-refractivity contribution in [1.82, 2.24) is 0 Å². The van der Waals surface area contributed by atoms with E-state index in [4.69, 9.17) is 48.4 Å². The van der Waals surface area contributed by atoms with Gasteiger partial charge in [-0.1, -0.05) is 20.1 Å². The van der Waals surface area contributed by atoms with E-state index in [9.17, 15) is 9.90 Å². The van der Waals surface area contributed by atoms with Gasteiger partial charge in [-0.3, -0.25) is 4.79 Å². The first-order chi connectivity index (χ1) is 25.1. The first-order valence-electron chi connectivity index (χ1n) is 20.2. The summed E-state index contributed by atoms with van der Waals surface area (Å²) < 4.78 is 60.0. The van der Waals surface area contributed by atoms with Gasteiger partial charge in [0.25, 0.3) is 0 Å². The van der Waals surface area contributed by atoms with Crippen molar-refractivity contribution in [2.75, 3.05) is 13.7 Å². The van der Waals surface area contributed by atoms with E-state index in [0.29, 0.717) is 25.7 Å². The Morgan fingerprint density at radius 1 is 0.808 bits per heavy atom. The summed E-state index contributed by atoms with van der Waals surface area (Å²) in [6, 6.07) is 0. The minimum Gasteiger partial charge on any atom is -0.392 e. The van der Waals surface area contributed by atoms with Gasteiger partial charge in [-0.25, -0.2) is 0 Å². The number of hydrogen-bond acceptors (Lipinski definition) is 12. The molecule has 0 aromatic carbocycles. The summed E-state index contributed by atoms with van der Waals surface area (Å²) >= 11 is 0. The first kappa shape index (κ1) is 36.4. The van der Waals surface area contributed by atoms with Crippen molar-refractivity contribution >= 4 is 5.78 Å². The van der Waals surface area contributed by atoms with Crippen LogP contribution in [0.2, 0.25) is 0 Å². The molecule has 0 saturated carbocycles. The van der Waals surface area contributed by atoms with Crippen LogP contribution in [0.1, 0.15) is 90.4 Å². The van der Waals surface area contributed by atoms with Gasteiger partial charge in [0.2, 0.25) is 0 Å². The van der Waals surface area contributed by atoms with Crippen LogP contribution in [0.4, 0.5) is 0 Å². The third kappa shape index (κ3) is 6.59. The fraction of sp³-hybridized carbons (Fsp3) is 0.875. The molecule has 0 amide bonds. The number of carbonyl (C=O) groups excluding carboxylic acids is 1. The van der Waals surface area contributed by atoms with Crippen LogP contribution in [-0.4, -0.2) is 128 Å². The summed E-state index contributed by atoms with van der Waals surface area (Å²) in [6.45, 7) is 11.3. The second-order valence-electron chi connectivity index (χ2n) is 17.4. The quantitative estimate of drug-likeness (QED) is 0.409. The van der Waals surface area contributed by atoms with Crippen molar-refractivity contribution < 1.29 is 52.5 Å². The zero-order valence-corrected chi connectivity index (χ0v) is 30.8. The van der Waals surface area contributed by atoms with Crippen LogP contribution in [0.3, 0.4) is 0 Å². The Kier molecular flexibility index (Phi) is 10.0. The van der Waals surface area contributed by atoms with E-state index in [2.05, 4.69) is 20.1 Å². The molecule has 3 N–H and O–H groups in total. The lowest BCUT2D eigenvalue weighted by Crippen LogP contribution is -2.61. The Morgan fingerprint density at radius 3 is 2.38 bits per heavy atom. The van der Waals surface area contributed by atoms with Crippen molar-refractivity contribution in [3.8, 4) is 0 Å². The number of ether oxygens (including phenoxy) is 9. The van der Waals surface area contributed by atoms with Gasteiger partial charge in [-0.05, 0) is 62.0 Å². The zero-order chi connectivity index (χ0) is 35.9. The smallest absolute Gasteiger partial charge is 0.172 e. The molecule has 10 heterocycles. The van der Waals surface area contributed by atoms with Gasteiger partial charge >= 0.3 is 0 Å². The van der Waals surface area contributed by atoms with Crippen LogP contribution in [0.5, 0.6) is 0 Å². The summed E-state index contributed by atoms with van der Waals surface area (Å²) in [4.78, 5) is 14.1. The van der Waals surface area contributed by atoms with E-state index in [1.807, 2.05) is 0 Å². The van der Waals surface area contributed by atoms with Crippen molar-refractivity contribution in [3.05, 3.63) is 24.3 Å². The van der Waals surface area contributed by atoms with Gasteiger partial charge in [-0.2, -0.15) is 0 Å². The molecule has 52 heavy (non-hydrogen) atoms. The topological polar surface area (TPSA) is 146 Å². The van der Waals surface area contributed by atoms with Gasteiger partial charge < -0.3 is 53.5 Å². The molecule has 1 spiro atoms. The van der Waals surface area contributed by atoms with Crippen molar-refractivity contribution in [2.24, 2.45) is 17.6 Å². The van der Waals surface area contributed by atoms with Gasteiger partial charge in [0.15, 0.2) is 5.79 Å². The predicted molar refractivity (Wildman–Crippen MR) is 186 cm³/mol. The molecule has 10 unspecified atom stereocenters. The van der Waals surface area contributed by atoms with Crippen LogP contribution >= 0.6 is 0 Å². The number of ketones is 1. The average molecular weight is 730 g/mol. The van der Waals surface area contributed by atoms with E-state index < -0.39 is 18.0 Å². The predicted octanol–water partition coefficient (Wildman–Crippen LogP) is 3.44. The van der Waals surface area contributed by atoms with E-state index in [1.165, 1.54) is 0 Å². The van der Waals surface area contributed by atoms with Crippen LogP contribution in [-0.2, 0) is 47.4 Å². The molecule has 10 aliphatic rings. The Morgan fingerprint density at radius 2 is 1.56 bits per heavy atom. The molecular weight excluding hydrogens is 670 g/mol. The first-order valence-corrected chi connectivity index (χ1v) is 20.2. The minimum atomic E-state index is -0.780. The number of rotatable bonds is 4. The number of aliphatic hydroxyl groups excluding tert-OH is 1. The maximum Gasteiger partial charge on any atom is 0.172 e. The highest BCUT2D eigenvalue weighted by molar-refractivity contribution is 5.79. The monoisotopic (exact) mass is 729 g/mol. The minimum absolute atomic E-state index is 0.0158. The highest BCUT2D eigenvalue weighted by Gasteiger charge is 2.68. The molecule has 12 nitrogen and oxygen atoms in total. The van der Waals surface area contributed by atoms with Crippen LogP contribution in [0.15, 0.2) is 24.3 Å². The SMILES string of the molecule is C=C1C2C[C@@H]3O[C@H](CC(O)CN)[C@H](OC)C3CC(=O)CC3CCC4O[C@@H]5C6O[C@@H]7C[C@](CCC8CC(=C)[C@H](CCC(C[C@H]1C)O2)O8)(OC6[C@H]4O3)OC57. The van der Waals surface area contributed by atoms with Crippen LogP contribution in [0.25, 0.3) is 0 Å². The largest absolute Gasteiger partial charge is 0.392 e. The molecule has 10 aliphatic heterocycles. The summed E-state index contributed by atoms with van der Waals surface area (Å²) in [5, 5.41) is 10.5. The Hall–Kier alpha value is -1.29. The van der Waals surface area contributed by atoms with Gasteiger partial charge in [-0.15, -0.1) is 0 Å². The van der Waals surface area contributed by atoms with E-state index in [1.54, 1.807) is 7.11 Å². The Balaban J connectivity index is 0.994. The lowest BCUT2D eigenvalue weighted by atomic mass is 9.81. The molecule has 0 aliphatic carbocycles. The highest BCUT2D eigenvalue weighted by Crippen LogP contribution is 2.54. The second-order valence-corrected chi connectivity index (χ2v) is 17.4. The number of carbonyl (C=O) groups is 1. The van der Waals surface area contributed by atoms with Gasteiger partial charge in [0, 0.05) is 58.1 Å². The van der Waals surface area contributed by atoms with Gasteiger partial charge in [0.1, 0.15) is 36.3 Å². The third-order valence-corrected chi connectivity index (χ3v) is 14.0. The number of Topliss-reactive ketones (excluding diaryl/α,β-unsaturated/α-hetero) is 1. The van der Waals surface area contributed by atoms with E-state index >= 15 is 0 Å². The lowest BCUT2D eigenvalue weighted by molar-refractivity contribution is -0.292. The molecule has 0 radical (unpaired) electrons. The molecule has 10 fully saturated rings. The van der Waals surface area contributed by atoms with Crippen LogP contribution < -0.4 is 5.73 Å². The zero-order valence-electron chi connectivity index (χ0n) is 30.8. The maximum atomic E-state index is 14.1. The molecule has 290 valence electrons. The fourth-order valence-corrected chi connectivity index (χ4v) is 11.3. The summed E-state index contributed by atoms with van der Waals surface area (Å²) in [5.74, 6) is -0.619. The van der Waals surface area contributed by atoms with Crippen molar-refractivity contribution in [1.29, 1.82) is 0 Å². The van der Waals surface area contributed by atoms with Crippen molar-refractivity contribution in [3.63, 3.8) is 0 Å². The maximum absolute atomic E-state index is 14.1. The summed E-state index contributed by atoms with van der Waals surface area (Å²) in [5.41, 5.74) is 8.01. The second kappa shape index (κ2) is 14.3. The third-order valence-electron chi connectivity index (χ3n) is 14.0. The Labute approximate surface area is 307 Å². The fourth-order valence-electron chi connectivity index (χ4n) is 11.3. The van der Waals surface area contributed by atoms with Gasteiger partial charge in [0.05, 0.1) is 67.1 Å². The molecule has 0 aromatic heterocycles. The molecule has 12 heteroatoms. The number of fused-ring (bicyclic) bond motifs is 6. The molecule has 10 saturated heterocycles. The van der Waals surface area contributed by atoms with Crippen LogP contribution in [0, 0.1) is 11.8 Å². The van der Waals surface area contributed by atoms with Crippen molar-refractivity contribution in [2.45, 2.75) is 194 Å². The average Bonchev–Trinajstić information content (AvgIpc) is 3.79. The molecule has 10 rings (SSSR count). The summed E-state index contributed by atoms with van der Waals surface area (Å²) in [6.07, 6.45) is 4.85. The number of aliphatic hydroxyl groups is 1. The number of nitrogens with two attached hydrogens (primary N) is 1. The number of hydrogen-bond donors (Lipinski definition) is 2. The van der Waals surface area contributed by atoms with E-state index in [0.717, 1.165) is 56.1 Å². The molecule has 0 aromatic rings.